The van der Waals surface area contributed by atoms with Gasteiger partial charge in [-0.1, -0.05) is 57.6 Å². The number of hydrogen-bond acceptors (Lipinski definition) is 5. The van der Waals surface area contributed by atoms with Gasteiger partial charge in [0.05, 0.1) is 26.9 Å². The lowest BCUT2D eigenvalue weighted by molar-refractivity contribution is -0.113. The molecule has 0 unspecified atom stereocenters. The molecule has 0 aliphatic carbocycles. The fourth-order valence-electron chi connectivity index (χ4n) is 3.41. The van der Waals surface area contributed by atoms with Crippen molar-refractivity contribution in [2.24, 2.45) is 0 Å². The van der Waals surface area contributed by atoms with Gasteiger partial charge in [0.15, 0.2) is 0 Å². The highest BCUT2D eigenvalue weighted by Crippen LogP contribution is 2.46. The molecule has 0 spiro atoms. The van der Waals surface area contributed by atoms with E-state index in [1.165, 1.54) is 0 Å². The number of aromatic nitrogens is 3. The highest BCUT2D eigenvalue weighted by atomic mass is 79.9. The van der Waals surface area contributed by atoms with Gasteiger partial charge in [-0.25, -0.2) is 4.98 Å². The summed E-state index contributed by atoms with van der Waals surface area (Å²) in [7, 11) is 0. The van der Waals surface area contributed by atoms with Crippen molar-refractivity contribution in [3.8, 4) is 5.13 Å². The fraction of sp³-hybridized carbons (Fsp3) is 0.150. The van der Waals surface area contributed by atoms with E-state index in [1.807, 2.05) is 49.4 Å². The molecule has 0 saturated heterocycles. The number of fused-ring (bicyclic) bond motifs is 2. The van der Waals surface area contributed by atoms with E-state index in [2.05, 4.69) is 27.3 Å². The zero-order chi connectivity index (χ0) is 19.3. The summed E-state index contributed by atoms with van der Waals surface area (Å²) in [5.41, 5.74) is 3.99. The molecule has 5 nitrogen and oxygen atoms in total. The third-order valence-corrected chi connectivity index (χ3v) is 7.65. The maximum absolute atomic E-state index is 12.5. The number of thioether (sulfide) groups is 1. The fourth-order valence-corrected chi connectivity index (χ4v) is 6.22. The Balaban J connectivity index is 1.71. The molecule has 4 aromatic rings. The Hall–Kier alpha value is -2.16. The number of rotatable bonds is 2. The van der Waals surface area contributed by atoms with E-state index in [-0.39, 0.29) is 11.2 Å². The van der Waals surface area contributed by atoms with Gasteiger partial charge in [-0.15, -0.1) is 11.8 Å². The maximum atomic E-state index is 12.5. The van der Waals surface area contributed by atoms with Crippen LogP contribution in [-0.2, 0) is 4.79 Å². The van der Waals surface area contributed by atoms with E-state index in [1.54, 1.807) is 27.8 Å². The number of hydrogen-bond donors (Lipinski definition) is 1. The number of nitrogens with one attached hydrogen (secondary N) is 1. The zero-order valence-electron chi connectivity index (χ0n) is 14.8. The van der Waals surface area contributed by atoms with Crippen molar-refractivity contribution in [1.82, 2.24) is 14.8 Å². The molecule has 1 aliphatic heterocycles. The van der Waals surface area contributed by atoms with Crippen LogP contribution in [0.2, 0.25) is 0 Å². The minimum absolute atomic E-state index is 0.00709. The van der Waals surface area contributed by atoms with Crippen molar-refractivity contribution in [1.29, 1.82) is 0 Å². The Morgan fingerprint density at radius 2 is 1.96 bits per heavy atom. The smallest absolute Gasteiger partial charge is 0.235 e. The van der Waals surface area contributed by atoms with E-state index in [0.29, 0.717) is 11.6 Å². The molecular weight excluding hydrogens is 456 g/mol. The number of aryl methyl sites for hydroxylation is 1. The van der Waals surface area contributed by atoms with Crippen LogP contribution >= 0.6 is 39.0 Å². The molecule has 1 aliphatic rings. The largest absolute Gasteiger partial charge is 0.310 e. The summed E-state index contributed by atoms with van der Waals surface area (Å²) in [5.74, 6) is 1.08. The highest BCUT2D eigenvalue weighted by molar-refractivity contribution is 9.10. The number of carbonyl (C=O) groups is 1. The topological polar surface area (TPSA) is 59.8 Å². The van der Waals surface area contributed by atoms with E-state index >= 15 is 0 Å². The molecule has 28 heavy (non-hydrogen) atoms. The number of carbonyl (C=O) groups excluding carboxylic acids is 1. The summed E-state index contributed by atoms with van der Waals surface area (Å²) in [4.78, 5) is 17.2. The molecule has 0 saturated carbocycles. The summed E-state index contributed by atoms with van der Waals surface area (Å²) in [6.45, 7) is 1.99. The average molecular weight is 471 g/mol. The number of thiazole rings is 1. The molecule has 2 aromatic carbocycles. The number of anilines is 1. The molecule has 1 N–H and O–H groups in total. The summed E-state index contributed by atoms with van der Waals surface area (Å²) >= 11 is 6.85. The van der Waals surface area contributed by atoms with Gasteiger partial charge in [0, 0.05) is 10.0 Å². The second-order valence-corrected chi connectivity index (χ2v) is 9.44. The molecule has 0 bridgehead atoms. The third-order valence-electron chi connectivity index (χ3n) is 4.66. The van der Waals surface area contributed by atoms with Crippen molar-refractivity contribution in [3.05, 3.63) is 69.8 Å². The Morgan fingerprint density at radius 1 is 1.18 bits per heavy atom. The van der Waals surface area contributed by atoms with Crippen LogP contribution in [0.4, 0.5) is 5.82 Å². The van der Waals surface area contributed by atoms with Gasteiger partial charge >= 0.3 is 0 Å². The Morgan fingerprint density at radius 3 is 2.79 bits per heavy atom. The average Bonchev–Trinajstić information content (AvgIpc) is 3.19. The molecule has 1 amide bonds. The van der Waals surface area contributed by atoms with Gasteiger partial charge in [-0.05, 0) is 30.7 Å². The summed E-state index contributed by atoms with van der Waals surface area (Å²) < 4.78 is 3.90. The number of amides is 1. The SMILES string of the molecule is Cc1nn(-c2nc3ccccc3s2)c2c1[C@H](c1ccccc1Br)SCC(=O)N2. The standard InChI is InChI=1S/C20H15BrN4OS2/c1-11-17-18(12-6-2-3-7-13(12)21)27-10-16(26)23-19(17)25(24-11)20-22-14-8-4-5-9-15(14)28-20/h2-9,18H,10H2,1H3,(H,23,26)/t18-/m0/s1. The van der Waals surface area contributed by atoms with Gasteiger partial charge in [0.25, 0.3) is 0 Å². The monoisotopic (exact) mass is 470 g/mol. The molecule has 1 atom stereocenters. The molecule has 2 aromatic heterocycles. The first-order valence-corrected chi connectivity index (χ1v) is 11.4. The molecule has 0 fully saturated rings. The molecular formula is C20H15BrN4OS2. The predicted molar refractivity (Wildman–Crippen MR) is 119 cm³/mol. The minimum Gasteiger partial charge on any atom is -0.310 e. The summed E-state index contributed by atoms with van der Waals surface area (Å²) in [5, 5.41) is 8.59. The third kappa shape index (κ3) is 2.96. The number of halogens is 1. The Labute approximate surface area is 178 Å². The van der Waals surface area contributed by atoms with Gasteiger partial charge in [0.1, 0.15) is 5.82 Å². The van der Waals surface area contributed by atoms with Crippen molar-refractivity contribution in [3.63, 3.8) is 0 Å². The number of para-hydroxylation sites is 1. The Kier molecular flexibility index (Phi) is 4.49. The highest BCUT2D eigenvalue weighted by Gasteiger charge is 2.32. The van der Waals surface area contributed by atoms with Crippen LogP contribution in [0.3, 0.4) is 0 Å². The lowest BCUT2D eigenvalue weighted by Crippen LogP contribution is -2.15. The summed E-state index contributed by atoms with van der Waals surface area (Å²) in [6, 6.07) is 16.2. The first kappa shape index (κ1) is 17.9. The van der Waals surface area contributed by atoms with E-state index in [0.717, 1.165) is 36.6 Å². The van der Waals surface area contributed by atoms with Gasteiger partial charge in [-0.2, -0.15) is 9.78 Å². The van der Waals surface area contributed by atoms with Crippen molar-refractivity contribution in [2.75, 3.05) is 11.1 Å². The summed E-state index contributed by atoms with van der Waals surface area (Å²) in [6.07, 6.45) is 0. The van der Waals surface area contributed by atoms with Crippen LogP contribution in [0.5, 0.6) is 0 Å². The predicted octanol–water partition coefficient (Wildman–Crippen LogP) is 5.33. The first-order valence-electron chi connectivity index (χ1n) is 8.73. The van der Waals surface area contributed by atoms with Crippen LogP contribution < -0.4 is 5.32 Å². The van der Waals surface area contributed by atoms with Crippen molar-refractivity contribution in [2.45, 2.75) is 12.2 Å². The second kappa shape index (κ2) is 7.02. The van der Waals surface area contributed by atoms with Crippen LogP contribution in [0.15, 0.2) is 53.0 Å². The second-order valence-electron chi connectivity index (χ2n) is 6.48. The molecule has 140 valence electrons. The van der Waals surface area contributed by atoms with E-state index < -0.39 is 0 Å². The van der Waals surface area contributed by atoms with Crippen molar-refractivity contribution < 1.29 is 4.79 Å². The lowest BCUT2D eigenvalue weighted by atomic mass is 10.0. The van der Waals surface area contributed by atoms with Gasteiger partial charge in [-0.3, -0.25) is 4.79 Å². The van der Waals surface area contributed by atoms with Gasteiger partial charge < -0.3 is 5.32 Å². The van der Waals surface area contributed by atoms with Crippen LogP contribution in [-0.4, -0.2) is 26.4 Å². The molecule has 0 radical (unpaired) electrons. The van der Waals surface area contributed by atoms with Crippen LogP contribution in [0.25, 0.3) is 15.3 Å². The normalized spacial score (nSPS) is 16.6. The van der Waals surface area contributed by atoms with Crippen LogP contribution in [0.1, 0.15) is 22.1 Å². The van der Waals surface area contributed by atoms with Gasteiger partial charge in [0.2, 0.25) is 11.0 Å². The van der Waals surface area contributed by atoms with E-state index in [4.69, 9.17) is 10.1 Å². The molecule has 8 heteroatoms. The molecule has 3 heterocycles. The van der Waals surface area contributed by atoms with Crippen molar-refractivity contribution >= 4 is 61.0 Å². The molecule has 5 rings (SSSR count). The number of benzene rings is 2. The maximum Gasteiger partial charge on any atom is 0.235 e. The quantitative estimate of drug-likeness (QED) is 0.430. The Bertz CT molecular complexity index is 1180. The lowest BCUT2D eigenvalue weighted by Gasteiger charge is -2.16. The minimum atomic E-state index is -0.0249. The first-order chi connectivity index (χ1) is 13.6. The van der Waals surface area contributed by atoms with E-state index in [9.17, 15) is 4.79 Å². The zero-order valence-corrected chi connectivity index (χ0v) is 18.1. The number of nitrogens with zero attached hydrogens (tertiary/aromatic N) is 3. The van der Waals surface area contributed by atoms with Crippen LogP contribution in [0, 0.1) is 6.92 Å².